The third kappa shape index (κ3) is 3.69. The van der Waals surface area contributed by atoms with Crippen LogP contribution >= 0.6 is 11.6 Å². The number of rotatable bonds is 6. The maximum absolute atomic E-state index is 13.5. The van der Waals surface area contributed by atoms with Gasteiger partial charge in [0.2, 0.25) is 5.91 Å². The van der Waals surface area contributed by atoms with Crippen LogP contribution in [0.1, 0.15) is 37.5 Å². The van der Waals surface area contributed by atoms with Crippen LogP contribution in [0.25, 0.3) is 0 Å². The van der Waals surface area contributed by atoms with Gasteiger partial charge in [-0.1, -0.05) is 77.4 Å². The van der Waals surface area contributed by atoms with Crippen LogP contribution in [0, 0.1) is 5.92 Å². The summed E-state index contributed by atoms with van der Waals surface area (Å²) in [6.07, 6.45) is -1.01. The van der Waals surface area contributed by atoms with Crippen LogP contribution in [0.2, 0.25) is 0 Å². The molecule has 8 nitrogen and oxygen atoms in total. The zero-order valence-corrected chi connectivity index (χ0v) is 19.5. The minimum Gasteiger partial charge on any atom is -0.451 e. The number of carbonyl (C=O) groups is 2. The Balaban J connectivity index is 1.68. The summed E-state index contributed by atoms with van der Waals surface area (Å²) in [7, 11) is -3.95. The quantitative estimate of drug-likeness (QED) is 0.219. The third-order valence-corrected chi connectivity index (χ3v) is 9.45. The molecule has 2 aliphatic rings. The molecule has 33 heavy (non-hydrogen) atoms. The van der Waals surface area contributed by atoms with Crippen molar-refractivity contribution in [1.29, 1.82) is 0 Å². The Kier molecular flexibility index (Phi) is 5.96. The Morgan fingerprint density at radius 2 is 1.64 bits per heavy atom. The fraction of sp³-hybridized carbons (Fsp3) is 0.348. The summed E-state index contributed by atoms with van der Waals surface area (Å²) >= 11 is 5.74. The first-order valence-corrected chi connectivity index (χ1v) is 12.3. The number of esters is 1. The Hall–Kier alpha value is -2.91. The van der Waals surface area contributed by atoms with Crippen LogP contribution in [-0.4, -0.2) is 51.7 Å². The number of halogens is 1. The molecule has 2 heterocycles. The third-order valence-electron chi connectivity index (χ3n) is 6.34. The number of hydrogen-bond donors (Lipinski definition) is 1. The normalized spacial score (nSPS) is 25.5. The van der Waals surface area contributed by atoms with Crippen molar-refractivity contribution in [2.45, 2.75) is 42.5 Å². The second-order valence-corrected chi connectivity index (χ2v) is 11.7. The molecule has 1 amide bonds. The number of β-lactam (4-membered cyclic amide) rings is 1. The van der Waals surface area contributed by atoms with Crippen LogP contribution in [0.3, 0.4) is 0 Å². The van der Waals surface area contributed by atoms with Gasteiger partial charge in [0.15, 0.2) is 15.9 Å². The first-order chi connectivity index (χ1) is 15.6. The van der Waals surface area contributed by atoms with E-state index in [0.717, 1.165) is 4.90 Å². The van der Waals surface area contributed by atoms with E-state index >= 15 is 0 Å². The maximum Gasteiger partial charge on any atom is 0.331 e. The number of nitrogens with zero attached hydrogens (tertiary/aromatic N) is 2. The fourth-order valence-electron chi connectivity index (χ4n) is 4.56. The number of hydrogen-bond acceptors (Lipinski definition) is 7. The van der Waals surface area contributed by atoms with Gasteiger partial charge in [0.1, 0.15) is 16.6 Å². The van der Waals surface area contributed by atoms with E-state index in [2.05, 4.69) is 5.16 Å². The van der Waals surface area contributed by atoms with Crippen molar-refractivity contribution in [1.82, 2.24) is 4.90 Å². The molecule has 2 aromatic rings. The van der Waals surface area contributed by atoms with Crippen LogP contribution < -0.4 is 0 Å². The molecule has 0 spiro atoms. The Morgan fingerprint density at radius 3 is 2.12 bits per heavy atom. The van der Waals surface area contributed by atoms with Crippen molar-refractivity contribution in [2.75, 3.05) is 0 Å². The van der Waals surface area contributed by atoms with Gasteiger partial charge in [-0.25, -0.2) is 13.2 Å². The lowest BCUT2D eigenvalue weighted by atomic mass is 9.89. The summed E-state index contributed by atoms with van der Waals surface area (Å²) in [5, 5.41) is 10.1. The summed E-state index contributed by atoms with van der Waals surface area (Å²) < 4.78 is 30.9. The molecule has 3 atom stereocenters. The number of ether oxygens (including phenoxy) is 1. The number of carbonyl (C=O) groups excluding carboxylic acids is 2. The van der Waals surface area contributed by atoms with Gasteiger partial charge < -0.3 is 14.8 Å². The SMILES string of the molecule is CC1(C)[C@H](C(=O)OC(c2ccccc2)c2ccccc2)N2C(=O)[C@@H](C/C(Cl)=N\O)[C@H]2S1(=O)=O. The average Bonchev–Trinajstić information content (AvgIpc) is 2.96. The van der Waals surface area contributed by atoms with E-state index in [4.69, 9.17) is 21.5 Å². The van der Waals surface area contributed by atoms with E-state index in [1.807, 2.05) is 60.7 Å². The van der Waals surface area contributed by atoms with E-state index in [1.54, 1.807) is 0 Å². The summed E-state index contributed by atoms with van der Waals surface area (Å²) in [6.45, 7) is 2.83. The van der Waals surface area contributed by atoms with Crippen molar-refractivity contribution in [3.05, 3.63) is 71.8 Å². The van der Waals surface area contributed by atoms with Gasteiger partial charge in [0.05, 0.1) is 10.7 Å². The highest BCUT2D eigenvalue weighted by molar-refractivity contribution is 7.93. The number of oxime groups is 1. The molecule has 2 saturated heterocycles. The molecular weight excluding hydrogens is 468 g/mol. The molecular formula is C23H23ClN2O6S. The van der Waals surface area contributed by atoms with Gasteiger partial charge in [-0.15, -0.1) is 0 Å². The lowest BCUT2D eigenvalue weighted by Crippen LogP contribution is -2.63. The molecule has 4 rings (SSSR count). The van der Waals surface area contributed by atoms with Crippen LogP contribution in [0.4, 0.5) is 0 Å². The van der Waals surface area contributed by atoms with Crippen molar-refractivity contribution in [3.8, 4) is 0 Å². The highest BCUT2D eigenvalue weighted by Crippen LogP contribution is 2.50. The van der Waals surface area contributed by atoms with Crippen molar-refractivity contribution in [2.24, 2.45) is 11.1 Å². The number of sulfone groups is 1. The summed E-state index contributed by atoms with van der Waals surface area (Å²) in [5.41, 5.74) is 1.43. The van der Waals surface area contributed by atoms with Crippen molar-refractivity contribution >= 4 is 38.5 Å². The lowest BCUT2D eigenvalue weighted by molar-refractivity contribution is -0.168. The van der Waals surface area contributed by atoms with E-state index < -0.39 is 49.9 Å². The molecule has 2 aromatic carbocycles. The summed E-state index contributed by atoms with van der Waals surface area (Å²) in [6, 6.07) is 16.9. The van der Waals surface area contributed by atoms with Gasteiger partial charge in [0, 0.05) is 6.42 Å². The number of benzene rings is 2. The van der Waals surface area contributed by atoms with Gasteiger partial charge >= 0.3 is 5.97 Å². The topological polar surface area (TPSA) is 113 Å². The molecule has 0 unspecified atom stereocenters. The zero-order chi connectivity index (χ0) is 24.0. The van der Waals surface area contributed by atoms with Gasteiger partial charge in [0.25, 0.3) is 0 Å². The minimum absolute atomic E-state index is 0.230. The van der Waals surface area contributed by atoms with E-state index in [9.17, 15) is 18.0 Å². The predicted octanol–water partition coefficient (Wildman–Crippen LogP) is 3.10. The van der Waals surface area contributed by atoms with Crippen LogP contribution in [-0.2, 0) is 24.2 Å². The largest absolute Gasteiger partial charge is 0.451 e. The molecule has 0 radical (unpaired) electrons. The van der Waals surface area contributed by atoms with Gasteiger partial charge in [-0.2, -0.15) is 0 Å². The standard InChI is InChI=1S/C23H23ClN2O6S/c1-23(2)19(26-20(27)16(13-17(24)25-29)21(26)33(23,30)31)22(28)32-18(14-9-5-3-6-10-14)15-11-7-4-8-12-15/h3-12,16,18-19,21,29H,13H2,1-2H3/b25-17+/t16-,19+,21-/m1/s1. The summed E-state index contributed by atoms with van der Waals surface area (Å²) in [5.74, 6) is -2.37. The van der Waals surface area contributed by atoms with Crippen LogP contribution in [0.5, 0.6) is 0 Å². The summed E-state index contributed by atoms with van der Waals surface area (Å²) in [4.78, 5) is 27.4. The molecule has 10 heteroatoms. The number of fused-ring (bicyclic) bond motifs is 1. The average molecular weight is 491 g/mol. The molecule has 1 N–H and O–H groups in total. The Bertz CT molecular complexity index is 1160. The second-order valence-electron chi connectivity index (χ2n) is 8.61. The molecule has 2 fully saturated rings. The molecule has 0 bridgehead atoms. The Morgan fingerprint density at radius 1 is 1.12 bits per heavy atom. The van der Waals surface area contributed by atoms with Crippen molar-refractivity contribution in [3.63, 3.8) is 0 Å². The monoisotopic (exact) mass is 490 g/mol. The van der Waals surface area contributed by atoms with E-state index in [0.29, 0.717) is 11.1 Å². The highest BCUT2D eigenvalue weighted by Gasteiger charge is 2.72. The van der Waals surface area contributed by atoms with Crippen LogP contribution in [0.15, 0.2) is 65.8 Å². The predicted molar refractivity (Wildman–Crippen MR) is 121 cm³/mol. The highest BCUT2D eigenvalue weighted by atomic mass is 35.5. The second kappa shape index (κ2) is 8.46. The molecule has 2 aliphatic heterocycles. The molecule has 0 aromatic heterocycles. The fourth-order valence-corrected chi connectivity index (χ4v) is 7.04. The van der Waals surface area contributed by atoms with Gasteiger partial charge in [-0.05, 0) is 25.0 Å². The molecule has 0 saturated carbocycles. The zero-order valence-electron chi connectivity index (χ0n) is 18.0. The maximum atomic E-state index is 13.5. The first kappa shape index (κ1) is 23.3. The lowest BCUT2D eigenvalue weighted by Gasteiger charge is -2.43. The number of amides is 1. The minimum atomic E-state index is -3.95. The van der Waals surface area contributed by atoms with E-state index in [1.165, 1.54) is 13.8 Å². The first-order valence-electron chi connectivity index (χ1n) is 10.3. The Labute approximate surface area is 196 Å². The smallest absolute Gasteiger partial charge is 0.331 e. The van der Waals surface area contributed by atoms with Crippen molar-refractivity contribution < 1.29 is 28.0 Å². The van der Waals surface area contributed by atoms with E-state index in [-0.39, 0.29) is 11.6 Å². The molecule has 174 valence electrons. The molecule has 0 aliphatic carbocycles. The van der Waals surface area contributed by atoms with Gasteiger partial charge in [-0.3, -0.25) is 4.79 Å².